The number of rotatable bonds is 3. The molecule has 0 saturated carbocycles. The van der Waals surface area contributed by atoms with E-state index < -0.39 is 0 Å². The molecule has 93 valence electrons. The first kappa shape index (κ1) is 12.4. The van der Waals surface area contributed by atoms with Crippen molar-refractivity contribution in [1.82, 2.24) is 10.2 Å². The van der Waals surface area contributed by atoms with E-state index in [4.69, 9.17) is 5.32 Å². The first-order chi connectivity index (χ1) is 7.86. The van der Waals surface area contributed by atoms with Gasteiger partial charge in [0.1, 0.15) is 0 Å². The maximum atomic E-state index is 4.93. The highest BCUT2D eigenvalue weighted by Crippen LogP contribution is 2.29. The fourth-order valence-corrected chi connectivity index (χ4v) is 3.48. The SMILES string of the molecule is CCC1CCC[N]C1N1CCCCC1CC. The van der Waals surface area contributed by atoms with E-state index in [1.54, 1.807) is 0 Å². The van der Waals surface area contributed by atoms with E-state index >= 15 is 0 Å². The zero-order chi connectivity index (χ0) is 11.4. The van der Waals surface area contributed by atoms with Crippen LogP contribution in [0.15, 0.2) is 0 Å². The Morgan fingerprint density at radius 1 is 1.06 bits per heavy atom. The molecule has 0 aromatic rings. The fourth-order valence-electron chi connectivity index (χ4n) is 3.48. The van der Waals surface area contributed by atoms with Gasteiger partial charge in [0, 0.05) is 12.6 Å². The molecule has 0 aromatic carbocycles. The van der Waals surface area contributed by atoms with Gasteiger partial charge in [-0.25, -0.2) is 5.32 Å². The van der Waals surface area contributed by atoms with Crippen LogP contribution in [0.4, 0.5) is 0 Å². The summed E-state index contributed by atoms with van der Waals surface area (Å²) in [7, 11) is 0. The molecule has 0 spiro atoms. The standard InChI is InChI=1S/C14H27N2/c1-3-12-8-7-10-15-14(12)16-11-6-5-9-13(16)4-2/h12-14H,3-11H2,1-2H3. The van der Waals surface area contributed by atoms with E-state index in [9.17, 15) is 0 Å². The maximum Gasteiger partial charge on any atom is 0.0791 e. The largest absolute Gasteiger partial charge is 0.284 e. The van der Waals surface area contributed by atoms with Crippen molar-refractivity contribution in [1.29, 1.82) is 0 Å². The first-order valence-corrected chi connectivity index (χ1v) is 7.29. The van der Waals surface area contributed by atoms with Crippen LogP contribution in [0.5, 0.6) is 0 Å². The smallest absolute Gasteiger partial charge is 0.0791 e. The highest BCUT2D eigenvalue weighted by Gasteiger charge is 2.34. The van der Waals surface area contributed by atoms with E-state index in [1.807, 2.05) is 0 Å². The van der Waals surface area contributed by atoms with Gasteiger partial charge in [0.2, 0.25) is 0 Å². The van der Waals surface area contributed by atoms with Crippen molar-refractivity contribution in [3.05, 3.63) is 0 Å². The molecule has 2 aliphatic heterocycles. The molecule has 2 heterocycles. The Morgan fingerprint density at radius 3 is 2.69 bits per heavy atom. The van der Waals surface area contributed by atoms with Crippen LogP contribution in [0.25, 0.3) is 0 Å². The van der Waals surface area contributed by atoms with E-state index in [2.05, 4.69) is 18.7 Å². The average Bonchev–Trinajstić information content (AvgIpc) is 2.38. The summed E-state index contributed by atoms with van der Waals surface area (Å²) in [5.41, 5.74) is 0. The Kier molecular flexibility index (Phi) is 4.66. The van der Waals surface area contributed by atoms with Crippen molar-refractivity contribution in [3.63, 3.8) is 0 Å². The molecule has 0 N–H and O–H groups in total. The molecule has 0 aliphatic carbocycles. The number of hydrogen-bond donors (Lipinski definition) is 0. The second-order valence-electron chi connectivity index (χ2n) is 5.43. The highest BCUT2D eigenvalue weighted by molar-refractivity contribution is 4.86. The van der Waals surface area contributed by atoms with Gasteiger partial charge in [-0.1, -0.05) is 26.7 Å². The normalized spacial score (nSPS) is 37.5. The maximum absolute atomic E-state index is 4.93. The minimum Gasteiger partial charge on any atom is -0.284 e. The summed E-state index contributed by atoms with van der Waals surface area (Å²) in [5, 5.41) is 4.93. The molecule has 2 saturated heterocycles. The van der Waals surface area contributed by atoms with Crippen LogP contribution >= 0.6 is 0 Å². The molecule has 3 atom stereocenters. The number of piperidine rings is 2. The lowest BCUT2D eigenvalue weighted by molar-refractivity contribution is 0.0196. The molecule has 2 fully saturated rings. The lowest BCUT2D eigenvalue weighted by Gasteiger charge is -2.45. The minimum absolute atomic E-state index is 0.559. The predicted molar refractivity (Wildman–Crippen MR) is 68.4 cm³/mol. The second kappa shape index (κ2) is 6.02. The van der Waals surface area contributed by atoms with Crippen LogP contribution in [-0.4, -0.2) is 30.2 Å². The van der Waals surface area contributed by atoms with Crippen LogP contribution in [0, 0.1) is 5.92 Å². The molecule has 1 radical (unpaired) electrons. The van der Waals surface area contributed by atoms with Crippen molar-refractivity contribution in [2.45, 2.75) is 71.0 Å². The van der Waals surface area contributed by atoms with Gasteiger partial charge in [-0.3, -0.25) is 4.90 Å². The summed E-state index contributed by atoms with van der Waals surface area (Å²) in [6.07, 6.45) is 10.1. The summed E-state index contributed by atoms with van der Waals surface area (Å²) in [6.45, 7) is 7.08. The van der Waals surface area contributed by atoms with Gasteiger partial charge in [0.25, 0.3) is 0 Å². The third-order valence-corrected chi connectivity index (χ3v) is 4.48. The molecule has 3 unspecified atom stereocenters. The minimum atomic E-state index is 0.559. The van der Waals surface area contributed by atoms with Crippen molar-refractivity contribution in [3.8, 4) is 0 Å². The number of hydrogen-bond acceptors (Lipinski definition) is 1. The second-order valence-corrected chi connectivity index (χ2v) is 5.43. The van der Waals surface area contributed by atoms with Crippen LogP contribution < -0.4 is 5.32 Å². The van der Waals surface area contributed by atoms with Crippen LogP contribution in [-0.2, 0) is 0 Å². The van der Waals surface area contributed by atoms with E-state index in [0.717, 1.165) is 18.5 Å². The lowest BCUT2D eigenvalue weighted by atomic mass is 9.89. The topological polar surface area (TPSA) is 17.3 Å². The van der Waals surface area contributed by atoms with E-state index in [0.29, 0.717) is 6.17 Å². The van der Waals surface area contributed by atoms with Gasteiger partial charge in [-0.2, -0.15) is 0 Å². The quantitative estimate of drug-likeness (QED) is 0.719. The van der Waals surface area contributed by atoms with Gasteiger partial charge >= 0.3 is 0 Å². The number of likely N-dealkylation sites (tertiary alicyclic amines) is 1. The van der Waals surface area contributed by atoms with Crippen molar-refractivity contribution in [2.75, 3.05) is 13.1 Å². The molecular formula is C14H27N2. The molecule has 2 heteroatoms. The van der Waals surface area contributed by atoms with Crippen LogP contribution in [0.2, 0.25) is 0 Å². The summed E-state index contributed by atoms with van der Waals surface area (Å²) in [6, 6.07) is 0.814. The molecule has 2 nitrogen and oxygen atoms in total. The zero-order valence-corrected chi connectivity index (χ0v) is 11.0. The molecule has 0 aromatic heterocycles. The molecule has 2 aliphatic rings. The molecule has 0 bridgehead atoms. The van der Waals surface area contributed by atoms with E-state index in [-0.39, 0.29) is 0 Å². The van der Waals surface area contributed by atoms with Crippen LogP contribution in [0.1, 0.15) is 58.8 Å². The van der Waals surface area contributed by atoms with Gasteiger partial charge in [0.05, 0.1) is 6.17 Å². The highest BCUT2D eigenvalue weighted by atomic mass is 15.3. The summed E-state index contributed by atoms with van der Waals surface area (Å²) < 4.78 is 0. The molecule has 16 heavy (non-hydrogen) atoms. The summed E-state index contributed by atoms with van der Waals surface area (Å²) in [5.74, 6) is 0.834. The fraction of sp³-hybridized carbons (Fsp3) is 1.00. The molecular weight excluding hydrogens is 196 g/mol. The van der Waals surface area contributed by atoms with Crippen molar-refractivity contribution in [2.24, 2.45) is 5.92 Å². The lowest BCUT2D eigenvalue weighted by Crippen LogP contribution is -2.55. The third kappa shape index (κ3) is 2.60. The first-order valence-electron chi connectivity index (χ1n) is 7.29. The monoisotopic (exact) mass is 223 g/mol. The van der Waals surface area contributed by atoms with Gasteiger partial charge in [-0.15, -0.1) is 0 Å². The van der Waals surface area contributed by atoms with Crippen molar-refractivity contribution >= 4 is 0 Å². The van der Waals surface area contributed by atoms with Gasteiger partial charge < -0.3 is 0 Å². The molecule has 2 rings (SSSR count). The van der Waals surface area contributed by atoms with E-state index in [1.165, 1.54) is 51.5 Å². The number of nitrogens with zero attached hydrogens (tertiary/aromatic N) is 2. The Balaban J connectivity index is 2.01. The summed E-state index contributed by atoms with van der Waals surface area (Å²) in [4.78, 5) is 2.73. The van der Waals surface area contributed by atoms with Crippen molar-refractivity contribution < 1.29 is 0 Å². The zero-order valence-electron chi connectivity index (χ0n) is 11.0. The van der Waals surface area contributed by atoms with Crippen LogP contribution in [0.3, 0.4) is 0 Å². The average molecular weight is 223 g/mol. The predicted octanol–water partition coefficient (Wildman–Crippen LogP) is 3.00. The Bertz CT molecular complexity index is 183. The Hall–Kier alpha value is -0.0800. The summed E-state index contributed by atoms with van der Waals surface area (Å²) >= 11 is 0. The third-order valence-electron chi connectivity index (χ3n) is 4.48. The van der Waals surface area contributed by atoms with Gasteiger partial charge in [0.15, 0.2) is 0 Å². The Morgan fingerprint density at radius 2 is 1.94 bits per heavy atom. The Labute approximate surface area is 101 Å². The van der Waals surface area contributed by atoms with Gasteiger partial charge in [-0.05, 0) is 44.6 Å². The molecule has 0 amide bonds.